The standard InChI is InChI=1S/C16H24N2O3/c1-11(2)10-21-12(3)15(19)17-14-8-6-7-13(9-14)16(20)18(4)5/h6-9,11-12H,10H2,1-5H3,(H,17,19). The lowest BCUT2D eigenvalue weighted by Crippen LogP contribution is -2.29. The lowest BCUT2D eigenvalue weighted by atomic mass is 10.1. The molecule has 0 bridgehead atoms. The van der Waals surface area contributed by atoms with Gasteiger partial charge >= 0.3 is 0 Å². The third-order valence-corrected chi connectivity index (χ3v) is 2.83. The molecule has 5 nitrogen and oxygen atoms in total. The van der Waals surface area contributed by atoms with Crippen molar-refractivity contribution in [1.29, 1.82) is 0 Å². The van der Waals surface area contributed by atoms with Crippen molar-refractivity contribution in [2.24, 2.45) is 5.92 Å². The van der Waals surface area contributed by atoms with Crippen LogP contribution in [0, 0.1) is 5.92 Å². The van der Waals surface area contributed by atoms with Crippen molar-refractivity contribution >= 4 is 17.5 Å². The first-order chi connectivity index (χ1) is 9.81. The molecule has 0 heterocycles. The van der Waals surface area contributed by atoms with Crippen molar-refractivity contribution in [1.82, 2.24) is 4.90 Å². The molecule has 0 aromatic heterocycles. The maximum Gasteiger partial charge on any atom is 0.253 e. The molecule has 1 atom stereocenters. The predicted molar refractivity (Wildman–Crippen MR) is 83.3 cm³/mol. The third-order valence-electron chi connectivity index (χ3n) is 2.83. The molecule has 116 valence electrons. The van der Waals surface area contributed by atoms with Crippen molar-refractivity contribution in [3.05, 3.63) is 29.8 Å². The van der Waals surface area contributed by atoms with E-state index in [0.717, 1.165) is 0 Å². The maximum atomic E-state index is 12.0. The molecule has 0 saturated carbocycles. The summed E-state index contributed by atoms with van der Waals surface area (Å²) in [6.07, 6.45) is -0.527. The third kappa shape index (κ3) is 5.55. The van der Waals surface area contributed by atoms with Crippen molar-refractivity contribution in [3.8, 4) is 0 Å². The van der Waals surface area contributed by atoms with Crippen LogP contribution in [0.3, 0.4) is 0 Å². The number of amides is 2. The first-order valence-corrected chi connectivity index (χ1v) is 7.05. The van der Waals surface area contributed by atoms with E-state index in [9.17, 15) is 9.59 Å². The summed E-state index contributed by atoms with van der Waals surface area (Å²) in [5, 5.41) is 2.76. The van der Waals surface area contributed by atoms with Crippen LogP contribution in [0.5, 0.6) is 0 Å². The van der Waals surface area contributed by atoms with E-state index in [0.29, 0.717) is 23.8 Å². The van der Waals surface area contributed by atoms with E-state index in [1.807, 2.05) is 13.8 Å². The van der Waals surface area contributed by atoms with E-state index < -0.39 is 6.10 Å². The number of rotatable bonds is 6. The Morgan fingerprint density at radius 2 is 1.90 bits per heavy atom. The van der Waals surface area contributed by atoms with Gasteiger partial charge in [0.05, 0.1) is 0 Å². The van der Waals surface area contributed by atoms with Gasteiger partial charge in [0.1, 0.15) is 6.10 Å². The summed E-state index contributed by atoms with van der Waals surface area (Å²) in [6.45, 7) is 6.31. The number of hydrogen-bond donors (Lipinski definition) is 1. The number of hydrogen-bond acceptors (Lipinski definition) is 3. The number of nitrogens with one attached hydrogen (secondary N) is 1. The quantitative estimate of drug-likeness (QED) is 0.876. The monoisotopic (exact) mass is 292 g/mol. The Bertz CT molecular complexity index is 498. The van der Waals surface area contributed by atoms with Gasteiger partial charge < -0.3 is 15.0 Å². The molecule has 0 aliphatic rings. The minimum atomic E-state index is -0.527. The summed E-state index contributed by atoms with van der Waals surface area (Å²) >= 11 is 0. The smallest absolute Gasteiger partial charge is 0.253 e. The molecule has 5 heteroatoms. The summed E-state index contributed by atoms with van der Waals surface area (Å²) in [4.78, 5) is 25.4. The number of anilines is 1. The molecule has 0 aliphatic carbocycles. The lowest BCUT2D eigenvalue weighted by molar-refractivity contribution is -0.126. The van der Waals surface area contributed by atoms with Crippen LogP contribution in [-0.4, -0.2) is 43.5 Å². The van der Waals surface area contributed by atoms with E-state index in [2.05, 4.69) is 5.32 Å². The number of nitrogens with zero attached hydrogens (tertiary/aromatic N) is 1. The zero-order valence-corrected chi connectivity index (χ0v) is 13.3. The van der Waals surface area contributed by atoms with Crippen LogP contribution in [0.25, 0.3) is 0 Å². The Kier molecular flexibility index (Phi) is 6.37. The SMILES string of the molecule is CC(C)COC(C)C(=O)Nc1cccc(C(=O)N(C)C)c1. The average Bonchev–Trinajstić information content (AvgIpc) is 2.43. The van der Waals surface area contributed by atoms with Gasteiger partial charge in [-0.05, 0) is 31.0 Å². The van der Waals surface area contributed by atoms with Gasteiger partial charge in [0.15, 0.2) is 0 Å². The summed E-state index contributed by atoms with van der Waals surface area (Å²) in [7, 11) is 3.38. The van der Waals surface area contributed by atoms with E-state index in [4.69, 9.17) is 4.74 Å². The van der Waals surface area contributed by atoms with Crippen molar-refractivity contribution in [2.45, 2.75) is 26.9 Å². The van der Waals surface area contributed by atoms with Gasteiger partial charge in [0.2, 0.25) is 0 Å². The fraction of sp³-hybridized carbons (Fsp3) is 0.500. The van der Waals surface area contributed by atoms with E-state index >= 15 is 0 Å². The van der Waals surface area contributed by atoms with Crippen LogP contribution in [-0.2, 0) is 9.53 Å². The molecule has 0 saturated heterocycles. The number of ether oxygens (including phenoxy) is 1. The zero-order valence-electron chi connectivity index (χ0n) is 13.3. The highest BCUT2D eigenvalue weighted by atomic mass is 16.5. The zero-order chi connectivity index (χ0) is 16.0. The second-order valence-electron chi connectivity index (χ2n) is 5.64. The molecule has 1 unspecified atom stereocenters. The van der Waals surface area contributed by atoms with Gasteiger partial charge in [0.25, 0.3) is 11.8 Å². The molecule has 1 N–H and O–H groups in total. The highest BCUT2D eigenvalue weighted by molar-refractivity contribution is 5.98. The van der Waals surface area contributed by atoms with Crippen molar-refractivity contribution < 1.29 is 14.3 Å². The largest absolute Gasteiger partial charge is 0.368 e. The fourth-order valence-electron chi connectivity index (χ4n) is 1.64. The second-order valence-corrected chi connectivity index (χ2v) is 5.64. The lowest BCUT2D eigenvalue weighted by Gasteiger charge is -2.15. The van der Waals surface area contributed by atoms with E-state index in [1.54, 1.807) is 45.3 Å². The summed E-state index contributed by atoms with van der Waals surface area (Å²) in [6, 6.07) is 6.87. The number of benzene rings is 1. The van der Waals surface area contributed by atoms with Crippen LogP contribution in [0.2, 0.25) is 0 Å². The fourth-order valence-corrected chi connectivity index (χ4v) is 1.64. The van der Waals surface area contributed by atoms with Crippen molar-refractivity contribution in [3.63, 3.8) is 0 Å². The van der Waals surface area contributed by atoms with Gasteiger partial charge in [-0.3, -0.25) is 9.59 Å². The van der Waals surface area contributed by atoms with Crippen LogP contribution in [0.4, 0.5) is 5.69 Å². The van der Waals surface area contributed by atoms with Crippen LogP contribution in [0.1, 0.15) is 31.1 Å². The maximum absolute atomic E-state index is 12.0. The molecular formula is C16H24N2O3. The van der Waals surface area contributed by atoms with Gasteiger partial charge in [-0.2, -0.15) is 0 Å². The molecular weight excluding hydrogens is 268 g/mol. The molecule has 0 aliphatic heterocycles. The minimum Gasteiger partial charge on any atom is -0.368 e. The highest BCUT2D eigenvalue weighted by Gasteiger charge is 2.15. The number of carbonyl (C=O) groups excluding carboxylic acids is 2. The van der Waals surface area contributed by atoms with Gasteiger partial charge in [-0.25, -0.2) is 0 Å². The van der Waals surface area contributed by atoms with Crippen molar-refractivity contribution in [2.75, 3.05) is 26.0 Å². The van der Waals surface area contributed by atoms with Crippen LogP contribution < -0.4 is 5.32 Å². The topological polar surface area (TPSA) is 58.6 Å². The summed E-state index contributed by atoms with van der Waals surface area (Å²) in [5.74, 6) is 0.0570. The Morgan fingerprint density at radius 3 is 2.48 bits per heavy atom. The van der Waals surface area contributed by atoms with Crippen LogP contribution >= 0.6 is 0 Å². The average molecular weight is 292 g/mol. The number of carbonyl (C=O) groups is 2. The van der Waals surface area contributed by atoms with Gasteiger partial charge in [-0.15, -0.1) is 0 Å². The van der Waals surface area contributed by atoms with Crippen LogP contribution in [0.15, 0.2) is 24.3 Å². The van der Waals surface area contributed by atoms with E-state index in [1.165, 1.54) is 4.90 Å². The summed E-state index contributed by atoms with van der Waals surface area (Å²) in [5.41, 5.74) is 1.13. The predicted octanol–water partition coefficient (Wildman–Crippen LogP) is 2.39. The Labute approximate surface area is 126 Å². The molecule has 0 fully saturated rings. The molecule has 21 heavy (non-hydrogen) atoms. The molecule has 2 amide bonds. The molecule has 1 rings (SSSR count). The van der Waals surface area contributed by atoms with Gasteiger partial charge in [0, 0.05) is 32.0 Å². The minimum absolute atomic E-state index is 0.102. The Balaban J connectivity index is 2.68. The normalized spacial score (nSPS) is 12.1. The highest BCUT2D eigenvalue weighted by Crippen LogP contribution is 2.13. The van der Waals surface area contributed by atoms with Gasteiger partial charge in [-0.1, -0.05) is 19.9 Å². The molecule has 1 aromatic rings. The first-order valence-electron chi connectivity index (χ1n) is 7.05. The second kappa shape index (κ2) is 7.78. The molecule has 0 radical (unpaired) electrons. The molecule has 1 aromatic carbocycles. The Hall–Kier alpha value is -1.88. The molecule has 0 spiro atoms. The van der Waals surface area contributed by atoms with E-state index in [-0.39, 0.29) is 11.8 Å². The summed E-state index contributed by atoms with van der Waals surface area (Å²) < 4.78 is 5.47. The first kappa shape index (κ1) is 17.2. The Morgan fingerprint density at radius 1 is 1.24 bits per heavy atom.